The second kappa shape index (κ2) is 10.8. The molecule has 0 radical (unpaired) electrons. The third-order valence-corrected chi connectivity index (χ3v) is 6.66. The predicted molar refractivity (Wildman–Crippen MR) is 140 cm³/mol. The van der Waals surface area contributed by atoms with Gasteiger partial charge in [0, 0.05) is 30.5 Å². The number of aliphatic hydroxyl groups excluding tert-OH is 1. The van der Waals surface area contributed by atoms with Crippen LogP contribution in [0.2, 0.25) is 5.02 Å². The summed E-state index contributed by atoms with van der Waals surface area (Å²) in [6.07, 6.45) is 1.64. The maximum Gasteiger partial charge on any atom is 0.296 e. The van der Waals surface area contributed by atoms with Crippen LogP contribution in [0.15, 0.2) is 72.4 Å². The molecule has 2 aromatic carbocycles. The van der Waals surface area contributed by atoms with Gasteiger partial charge in [0.1, 0.15) is 11.5 Å². The van der Waals surface area contributed by atoms with Gasteiger partial charge < -0.3 is 19.6 Å². The van der Waals surface area contributed by atoms with Crippen molar-refractivity contribution in [1.82, 2.24) is 9.88 Å². The minimum absolute atomic E-state index is 0.00718. The Kier molecular flexibility index (Phi) is 7.60. The van der Waals surface area contributed by atoms with Crippen molar-refractivity contribution in [2.75, 3.05) is 25.1 Å². The number of methoxy groups -OCH3 is 1. The van der Waals surface area contributed by atoms with Crippen molar-refractivity contribution >= 4 is 34.7 Å². The summed E-state index contributed by atoms with van der Waals surface area (Å²) in [5, 5.41) is 11.6. The Morgan fingerprint density at radius 2 is 1.81 bits per heavy atom. The van der Waals surface area contributed by atoms with Crippen LogP contribution in [0.1, 0.15) is 36.7 Å². The lowest BCUT2D eigenvalue weighted by Gasteiger charge is -2.26. The summed E-state index contributed by atoms with van der Waals surface area (Å²) in [5.41, 5.74) is 2.71. The summed E-state index contributed by atoms with van der Waals surface area (Å²) >= 11 is 6.28. The molecular weight excluding hydrogens is 478 g/mol. The van der Waals surface area contributed by atoms with Gasteiger partial charge in [0.05, 0.1) is 36.0 Å². The number of carbonyl (C=O) groups excluding carboxylic acids is 2. The molecule has 1 saturated heterocycles. The second-order valence-corrected chi connectivity index (χ2v) is 8.77. The molecule has 2 heterocycles. The zero-order chi connectivity index (χ0) is 25.8. The molecule has 186 valence electrons. The number of aliphatic hydroxyl groups is 1. The van der Waals surface area contributed by atoms with E-state index in [1.807, 2.05) is 30.3 Å². The van der Waals surface area contributed by atoms with Crippen molar-refractivity contribution in [2.45, 2.75) is 26.4 Å². The number of anilines is 1. The summed E-state index contributed by atoms with van der Waals surface area (Å²) in [7, 11) is 1.49. The molecule has 1 aliphatic heterocycles. The fraction of sp³-hybridized carbons (Fsp3) is 0.250. The maximum absolute atomic E-state index is 13.3. The van der Waals surface area contributed by atoms with Crippen LogP contribution in [0.4, 0.5) is 5.69 Å². The maximum atomic E-state index is 13.3. The first-order valence-electron chi connectivity index (χ1n) is 11.8. The molecule has 1 fully saturated rings. The number of carbonyl (C=O) groups is 2. The quantitative estimate of drug-likeness (QED) is 0.257. The number of pyridine rings is 1. The minimum atomic E-state index is -0.793. The molecule has 1 aromatic heterocycles. The average Bonchev–Trinajstić information content (AvgIpc) is 3.15. The van der Waals surface area contributed by atoms with E-state index in [0.29, 0.717) is 22.6 Å². The molecule has 3 aromatic rings. The van der Waals surface area contributed by atoms with E-state index in [2.05, 4.69) is 23.7 Å². The van der Waals surface area contributed by atoms with Crippen molar-refractivity contribution < 1.29 is 19.4 Å². The van der Waals surface area contributed by atoms with Crippen LogP contribution in [0, 0.1) is 0 Å². The number of ketones is 1. The predicted octanol–water partition coefficient (Wildman–Crippen LogP) is 5.21. The highest BCUT2D eigenvalue weighted by Gasteiger charge is 2.46. The second-order valence-electron chi connectivity index (χ2n) is 8.36. The number of ether oxygens (including phenoxy) is 1. The number of benzene rings is 2. The van der Waals surface area contributed by atoms with E-state index < -0.39 is 17.7 Å². The Bertz CT molecular complexity index is 1290. The number of Topliss-reactive ketones (excluding diaryl/α,β-unsaturated/α-hetero) is 1. The van der Waals surface area contributed by atoms with Crippen LogP contribution < -0.4 is 9.64 Å². The van der Waals surface area contributed by atoms with Gasteiger partial charge in [0.25, 0.3) is 11.7 Å². The first kappa shape index (κ1) is 25.3. The number of likely N-dealkylation sites (tertiary alicyclic amines) is 1. The zero-order valence-corrected chi connectivity index (χ0v) is 21.2. The van der Waals surface area contributed by atoms with Gasteiger partial charge in [-0.15, -0.1) is 0 Å². The van der Waals surface area contributed by atoms with E-state index >= 15 is 0 Å². The largest absolute Gasteiger partial charge is 0.507 e. The molecule has 0 spiro atoms. The van der Waals surface area contributed by atoms with Crippen LogP contribution in [-0.4, -0.2) is 46.9 Å². The molecule has 36 heavy (non-hydrogen) atoms. The third kappa shape index (κ3) is 4.79. The van der Waals surface area contributed by atoms with Crippen LogP contribution in [-0.2, 0) is 16.1 Å². The number of amides is 1. The number of hydrogen-bond acceptors (Lipinski definition) is 6. The molecule has 4 rings (SSSR count). The molecule has 8 heteroatoms. The van der Waals surface area contributed by atoms with Crippen molar-refractivity contribution in [3.63, 3.8) is 0 Å². The standard InChI is InChI=1S/C28H28ClN3O4/c1-4-31(5-2)21-12-9-18(10-13-21)25-24(26(33)19-11-14-23(36-3)22(29)16-19)27(34)28(35)32(25)17-20-8-6-7-15-30-20/h6-16,25,33H,4-5,17H2,1-3H3/b26-24-. The van der Waals surface area contributed by atoms with E-state index in [1.54, 1.807) is 30.5 Å². The van der Waals surface area contributed by atoms with Crippen molar-refractivity contribution in [1.29, 1.82) is 0 Å². The van der Waals surface area contributed by atoms with Crippen molar-refractivity contribution in [3.8, 4) is 5.75 Å². The summed E-state index contributed by atoms with van der Waals surface area (Å²) < 4.78 is 5.20. The molecule has 7 nitrogen and oxygen atoms in total. The van der Waals surface area contributed by atoms with E-state index in [0.717, 1.165) is 18.8 Å². The molecule has 0 saturated carbocycles. The van der Waals surface area contributed by atoms with Gasteiger partial charge in [0.15, 0.2) is 0 Å². The number of nitrogens with zero attached hydrogens (tertiary/aromatic N) is 3. The highest BCUT2D eigenvalue weighted by molar-refractivity contribution is 6.46. The molecule has 0 aliphatic carbocycles. The Morgan fingerprint density at radius 1 is 1.08 bits per heavy atom. The van der Waals surface area contributed by atoms with Gasteiger partial charge in [-0.25, -0.2) is 0 Å². The minimum Gasteiger partial charge on any atom is -0.507 e. The van der Waals surface area contributed by atoms with Crippen molar-refractivity contribution in [2.24, 2.45) is 0 Å². The SMILES string of the molecule is CCN(CC)c1ccc(C2/C(=C(/O)c3ccc(OC)c(Cl)c3)C(=O)C(=O)N2Cc2ccccn2)cc1. The van der Waals surface area contributed by atoms with Crippen molar-refractivity contribution in [3.05, 3.63) is 94.3 Å². The summed E-state index contributed by atoms with van der Waals surface area (Å²) in [6, 6.07) is 17.1. The van der Waals surface area contributed by atoms with Crippen LogP contribution in [0.5, 0.6) is 5.75 Å². The smallest absolute Gasteiger partial charge is 0.296 e. The summed E-state index contributed by atoms with van der Waals surface area (Å²) in [4.78, 5) is 34.5. The van der Waals surface area contributed by atoms with Gasteiger partial charge in [-0.05, 0) is 61.9 Å². The lowest BCUT2D eigenvalue weighted by Crippen LogP contribution is -2.29. The molecule has 0 bridgehead atoms. The molecule has 1 amide bonds. The number of aromatic nitrogens is 1. The summed E-state index contributed by atoms with van der Waals surface area (Å²) in [5.74, 6) is -1.31. The van der Waals surface area contributed by atoms with E-state index in [1.165, 1.54) is 18.1 Å². The lowest BCUT2D eigenvalue weighted by atomic mass is 9.95. The normalized spacial score (nSPS) is 16.9. The van der Waals surface area contributed by atoms with Gasteiger partial charge in [0.2, 0.25) is 0 Å². The van der Waals surface area contributed by atoms with Gasteiger partial charge in [-0.2, -0.15) is 0 Å². The van der Waals surface area contributed by atoms with E-state index in [4.69, 9.17) is 16.3 Å². The average molecular weight is 506 g/mol. The third-order valence-electron chi connectivity index (χ3n) is 6.36. The Hall–Kier alpha value is -3.84. The fourth-order valence-corrected chi connectivity index (χ4v) is 4.74. The van der Waals surface area contributed by atoms with E-state index in [9.17, 15) is 14.7 Å². The number of hydrogen-bond donors (Lipinski definition) is 1. The molecular formula is C28H28ClN3O4. The summed E-state index contributed by atoms with van der Waals surface area (Å²) in [6.45, 7) is 5.99. The van der Waals surface area contributed by atoms with Gasteiger partial charge >= 0.3 is 0 Å². The molecule has 1 N–H and O–H groups in total. The highest BCUT2D eigenvalue weighted by Crippen LogP contribution is 2.41. The van der Waals surface area contributed by atoms with E-state index in [-0.39, 0.29) is 22.9 Å². The van der Waals surface area contributed by atoms with Crippen LogP contribution in [0.3, 0.4) is 0 Å². The Labute approximate surface area is 215 Å². The fourth-order valence-electron chi connectivity index (χ4n) is 4.48. The highest BCUT2D eigenvalue weighted by atomic mass is 35.5. The topological polar surface area (TPSA) is 83.0 Å². The monoisotopic (exact) mass is 505 g/mol. The lowest BCUT2D eigenvalue weighted by molar-refractivity contribution is -0.140. The Morgan fingerprint density at radius 3 is 2.39 bits per heavy atom. The molecule has 1 aliphatic rings. The first-order valence-corrected chi connectivity index (χ1v) is 12.1. The zero-order valence-electron chi connectivity index (χ0n) is 20.4. The molecule has 1 atom stereocenters. The Balaban J connectivity index is 1.84. The van der Waals surface area contributed by atoms with Crippen LogP contribution >= 0.6 is 11.6 Å². The van der Waals surface area contributed by atoms with Gasteiger partial charge in [-0.1, -0.05) is 29.8 Å². The van der Waals surface area contributed by atoms with Gasteiger partial charge in [-0.3, -0.25) is 14.6 Å². The number of rotatable bonds is 8. The number of halogens is 1. The molecule has 1 unspecified atom stereocenters. The van der Waals surface area contributed by atoms with Crippen LogP contribution in [0.25, 0.3) is 5.76 Å². The first-order chi connectivity index (χ1) is 17.4.